The number of sulfonamides is 2. The van der Waals surface area contributed by atoms with Gasteiger partial charge in [-0.3, -0.25) is 9.52 Å². The number of nitrogens with two attached hydrogens (primary N) is 2. The summed E-state index contributed by atoms with van der Waals surface area (Å²) in [6.07, 6.45) is -0.551. The van der Waals surface area contributed by atoms with Gasteiger partial charge in [-0.05, 0) is 41.5 Å². The molecule has 0 aliphatic carbocycles. The van der Waals surface area contributed by atoms with Crippen LogP contribution in [0.1, 0.15) is 23.6 Å². The maximum absolute atomic E-state index is 12.9. The predicted octanol–water partition coefficient (Wildman–Crippen LogP) is 2.03. The minimum Gasteiger partial charge on any atom is -0.481 e. The van der Waals surface area contributed by atoms with Crippen LogP contribution in [0.5, 0.6) is 0 Å². The number of guanidine groups is 1. The van der Waals surface area contributed by atoms with Gasteiger partial charge in [0.25, 0.3) is 10.0 Å². The van der Waals surface area contributed by atoms with Gasteiger partial charge < -0.3 is 16.6 Å². The number of carboxylic acids is 1. The number of anilines is 1. The Balaban J connectivity index is 1.86. The van der Waals surface area contributed by atoms with Crippen molar-refractivity contribution in [2.45, 2.75) is 23.1 Å². The minimum absolute atomic E-state index is 0.109. The summed E-state index contributed by atoms with van der Waals surface area (Å²) < 4.78 is 56.1. The number of rotatable bonds is 11. The van der Waals surface area contributed by atoms with Crippen LogP contribution >= 0.6 is 0 Å². The number of hydrogen-bond acceptors (Lipinski definition) is 6. The van der Waals surface area contributed by atoms with E-state index in [-0.39, 0.29) is 33.5 Å². The monoisotopic (exact) mass is 531 g/mol. The highest BCUT2D eigenvalue weighted by atomic mass is 32.2. The number of benzene rings is 3. The van der Waals surface area contributed by atoms with Crippen LogP contribution in [0.15, 0.2) is 88.8 Å². The van der Waals surface area contributed by atoms with Gasteiger partial charge in [0.1, 0.15) is 0 Å². The molecule has 0 aliphatic heterocycles. The first kappa shape index (κ1) is 26.7. The third kappa shape index (κ3) is 7.80. The fourth-order valence-corrected chi connectivity index (χ4v) is 5.81. The van der Waals surface area contributed by atoms with Crippen LogP contribution in [0.2, 0.25) is 0 Å². The smallest absolute Gasteiger partial charge is 0.305 e. The van der Waals surface area contributed by atoms with E-state index < -0.39 is 38.5 Å². The van der Waals surface area contributed by atoms with Crippen molar-refractivity contribution in [3.63, 3.8) is 0 Å². The van der Waals surface area contributed by atoms with Crippen LogP contribution < -0.4 is 20.9 Å². The van der Waals surface area contributed by atoms with E-state index in [2.05, 4.69) is 14.4 Å². The number of hydrogen-bond donors (Lipinski definition) is 5. The van der Waals surface area contributed by atoms with E-state index in [9.17, 15) is 26.7 Å². The van der Waals surface area contributed by atoms with Gasteiger partial charge >= 0.3 is 5.97 Å². The van der Waals surface area contributed by atoms with Gasteiger partial charge in [-0.2, -0.15) is 0 Å². The zero-order valence-electron chi connectivity index (χ0n) is 18.9. The molecule has 36 heavy (non-hydrogen) atoms. The molecular formula is C23H25N5O6S2. The largest absolute Gasteiger partial charge is 0.481 e. The number of aliphatic imine (C=N–C) groups is 1. The van der Waals surface area contributed by atoms with Gasteiger partial charge in [0.15, 0.2) is 5.96 Å². The van der Waals surface area contributed by atoms with Crippen molar-refractivity contribution in [2.24, 2.45) is 16.5 Å². The molecule has 3 rings (SSSR count). The molecule has 3 aromatic carbocycles. The highest BCUT2D eigenvalue weighted by Gasteiger charge is 2.23. The molecule has 0 bridgehead atoms. The third-order valence-corrected chi connectivity index (χ3v) is 7.56. The molecule has 0 fully saturated rings. The van der Waals surface area contributed by atoms with Crippen molar-refractivity contribution >= 4 is 43.4 Å². The van der Waals surface area contributed by atoms with E-state index in [1.807, 2.05) is 0 Å². The van der Waals surface area contributed by atoms with Crippen LogP contribution in [0.25, 0.3) is 0 Å². The lowest BCUT2D eigenvalue weighted by Crippen LogP contribution is -2.31. The Labute approximate surface area is 209 Å². The quantitative estimate of drug-likeness (QED) is 0.183. The molecule has 0 spiro atoms. The first-order chi connectivity index (χ1) is 16.9. The first-order valence-electron chi connectivity index (χ1n) is 10.5. The SMILES string of the molecule is NC(N)=Nc1cccc(S(=O)(=O)Nc2cccc(C(CC(=O)O)NS(=O)(=O)Cc3ccccc3)c2)c1. The summed E-state index contributed by atoms with van der Waals surface area (Å²) in [6, 6.07) is 18.7. The fourth-order valence-electron chi connectivity index (χ4n) is 3.36. The molecule has 7 N–H and O–H groups in total. The molecule has 0 saturated heterocycles. The Kier molecular flexibility index (Phi) is 8.29. The maximum atomic E-state index is 12.9. The van der Waals surface area contributed by atoms with Crippen molar-refractivity contribution in [1.82, 2.24) is 4.72 Å². The van der Waals surface area contributed by atoms with E-state index in [0.29, 0.717) is 5.56 Å². The molecule has 11 nitrogen and oxygen atoms in total. The second-order valence-electron chi connectivity index (χ2n) is 7.78. The summed E-state index contributed by atoms with van der Waals surface area (Å²) in [6.45, 7) is 0. The molecule has 0 aromatic heterocycles. The Bertz CT molecular complexity index is 1470. The van der Waals surface area contributed by atoms with E-state index in [1.54, 1.807) is 30.3 Å². The Morgan fingerprint density at radius 2 is 1.61 bits per heavy atom. The molecule has 0 amide bonds. The van der Waals surface area contributed by atoms with Crippen LogP contribution in [0.3, 0.4) is 0 Å². The average molecular weight is 532 g/mol. The lowest BCUT2D eigenvalue weighted by atomic mass is 10.0. The van der Waals surface area contributed by atoms with Crippen LogP contribution in [-0.2, 0) is 30.6 Å². The van der Waals surface area contributed by atoms with Crippen LogP contribution in [-0.4, -0.2) is 33.9 Å². The van der Waals surface area contributed by atoms with Gasteiger partial charge in [0, 0.05) is 5.69 Å². The van der Waals surface area contributed by atoms with E-state index in [4.69, 9.17) is 11.5 Å². The summed E-state index contributed by atoms with van der Waals surface area (Å²) >= 11 is 0. The molecule has 190 valence electrons. The van der Waals surface area contributed by atoms with Crippen molar-refractivity contribution in [3.05, 3.63) is 90.0 Å². The maximum Gasteiger partial charge on any atom is 0.305 e. The van der Waals surface area contributed by atoms with Gasteiger partial charge in [-0.15, -0.1) is 0 Å². The zero-order valence-corrected chi connectivity index (χ0v) is 20.5. The molecule has 13 heteroatoms. The van der Waals surface area contributed by atoms with Crippen molar-refractivity contribution in [3.8, 4) is 0 Å². The second-order valence-corrected chi connectivity index (χ2v) is 11.2. The topological polar surface area (TPSA) is 194 Å². The van der Waals surface area contributed by atoms with Crippen molar-refractivity contribution < 1.29 is 26.7 Å². The summed E-state index contributed by atoms with van der Waals surface area (Å²) in [5.74, 6) is -1.81. The standard InChI is InChI=1S/C23H25N5O6S2/c24-23(25)26-18-9-5-11-20(13-18)36(33,34)27-19-10-4-8-17(12-19)21(14-22(29)30)28-35(31,32)15-16-6-2-1-3-7-16/h1-13,21,27-28H,14-15H2,(H,29,30)(H4,24,25,26). The van der Waals surface area contributed by atoms with E-state index in [1.165, 1.54) is 48.5 Å². The lowest BCUT2D eigenvalue weighted by Gasteiger charge is -2.19. The molecule has 0 heterocycles. The molecule has 3 aromatic rings. The average Bonchev–Trinajstić information content (AvgIpc) is 2.78. The predicted molar refractivity (Wildman–Crippen MR) is 136 cm³/mol. The fraction of sp³-hybridized carbons (Fsp3) is 0.130. The third-order valence-electron chi connectivity index (χ3n) is 4.83. The molecule has 0 saturated carbocycles. The van der Waals surface area contributed by atoms with Gasteiger partial charge in [-0.1, -0.05) is 48.5 Å². The molecule has 0 radical (unpaired) electrons. The summed E-state index contributed by atoms with van der Waals surface area (Å²) in [5, 5.41) is 9.35. The van der Waals surface area contributed by atoms with Gasteiger partial charge in [0.2, 0.25) is 10.0 Å². The lowest BCUT2D eigenvalue weighted by molar-refractivity contribution is -0.137. The number of carboxylic acid groups (broad SMARTS) is 1. The summed E-state index contributed by atoms with van der Waals surface area (Å²) in [7, 11) is -7.99. The van der Waals surface area contributed by atoms with Crippen molar-refractivity contribution in [2.75, 3.05) is 4.72 Å². The Morgan fingerprint density at radius 3 is 2.28 bits per heavy atom. The molecular weight excluding hydrogens is 506 g/mol. The molecule has 0 aliphatic rings. The number of carbonyl (C=O) groups is 1. The van der Waals surface area contributed by atoms with E-state index >= 15 is 0 Å². The summed E-state index contributed by atoms with van der Waals surface area (Å²) in [5.41, 5.74) is 11.8. The summed E-state index contributed by atoms with van der Waals surface area (Å²) in [4.78, 5) is 15.2. The van der Waals surface area contributed by atoms with Gasteiger partial charge in [0.05, 0.1) is 28.8 Å². The Morgan fingerprint density at radius 1 is 0.917 bits per heavy atom. The number of aliphatic carboxylic acids is 1. The van der Waals surface area contributed by atoms with Crippen LogP contribution in [0.4, 0.5) is 11.4 Å². The highest BCUT2D eigenvalue weighted by molar-refractivity contribution is 7.92. The molecule has 1 atom stereocenters. The second kappa shape index (κ2) is 11.2. The van der Waals surface area contributed by atoms with E-state index in [0.717, 1.165) is 0 Å². The van der Waals surface area contributed by atoms with Gasteiger partial charge in [-0.25, -0.2) is 26.6 Å². The highest BCUT2D eigenvalue weighted by Crippen LogP contribution is 2.25. The minimum atomic E-state index is -4.07. The normalized spacial score (nSPS) is 12.4. The number of nitrogens with zero attached hydrogens (tertiary/aromatic N) is 1. The first-order valence-corrected chi connectivity index (χ1v) is 13.7. The Hall–Kier alpha value is -3.94. The van der Waals surface area contributed by atoms with Crippen molar-refractivity contribution in [1.29, 1.82) is 0 Å². The number of nitrogens with one attached hydrogen (secondary N) is 2. The van der Waals surface area contributed by atoms with Crippen LogP contribution in [0, 0.1) is 0 Å². The molecule has 1 unspecified atom stereocenters. The zero-order chi connectivity index (χ0) is 26.3.